The molecule has 2 rings (SSSR count). The van der Waals surface area contributed by atoms with Crippen molar-refractivity contribution < 1.29 is 4.79 Å². The molecule has 0 aliphatic carbocycles. The van der Waals surface area contributed by atoms with Crippen LogP contribution in [0.4, 0.5) is 0 Å². The molecule has 0 saturated heterocycles. The first-order valence-electron chi connectivity index (χ1n) is 6.85. The van der Waals surface area contributed by atoms with E-state index in [1.807, 2.05) is 41.8 Å². The summed E-state index contributed by atoms with van der Waals surface area (Å²) in [5, 5.41) is 0. The molecule has 0 aromatic carbocycles. The van der Waals surface area contributed by atoms with Crippen LogP contribution in [0.5, 0.6) is 0 Å². The Bertz CT molecular complexity index is 593. The minimum Gasteiger partial charge on any atom is -0.347 e. The maximum absolute atomic E-state index is 12.0. The van der Waals surface area contributed by atoms with Crippen molar-refractivity contribution in [1.82, 2.24) is 24.3 Å². The Hall–Kier alpha value is -2.21. The molecule has 1 atom stereocenters. The van der Waals surface area contributed by atoms with Gasteiger partial charge >= 0.3 is 0 Å². The fraction of sp³-hybridized carbons (Fsp3) is 0.400. The summed E-state index contributed by atoms with van der Waals surface area (Å²) in [7, 11) is 5.48. The van der Waals surface area contributed by atoms with Gasteiger partial charge in [0.1, 0.15) is 0 Å². The van der Waals surface area contributed by atoms with Crippen LogP contribution in [-0.2, 0) is 11.3 Å². The van der Waals surface area contributed by atoms with E-state index in [9.17, 15) is 4.79 Å². The number of aromatic nitrogens is 3. The molecule has 21 heavy (non-hydrogen) atoms. The Morgan fingerprint density at radius 3 is 2.52 bits per heavy atom. The van der Waals surface area contributed by atoms with Gasteiger partial charge in [-0.3, -0.25) is 14.3 Å². The number of rotatable bonds is 5. The molecule has 0 bridgehead atoms. The van der Waals surface area contributed by atoms with Crippen LogP contribution in [0.15, 0.2) is 36.8 Å². The van der Waals surface area contributed by atoms with Crippen molar-refractivity contribution in [3.05, 3.63) is 42.5 Å². The average molecular weight is 287 g/mol. The highest BCUT2D eigenvalue weighted by molar-refractivity contribution is 5.80. The quantitative estimate of drug-likeness (QED) is 0.828. The van der Waals surface area contributed by atoms with E-state index >= 15 is 0 Å². The molecule has 1 unspecified atom stereocenters. The molecule has 0 radical (unpaired) electrons. The van der Waals surface area contributed by atoms with Crippen LogP contribution in [0.2, 0.25) is 0 Å². The zero-order chi connectivity index (χ0) is 15.4. The summed E-state index contributed by atoms with van der Waals surface area (Å²) >= 11 is 0. The van der Waals surface area contributed by atoms with Crippen LogP contribution in [0.25, 0.3) is 5.95 Å². The van der Waals surface area contributed by atoms with Crippen molar-refractivity contribution in [1.29, 1.82) is 0 Å². The normalized spacial score (nSPS) is 12.4. The number of hydrogen-bond acceptors (Lipinski definition) is 4. The lowest BCUT2D eigenvalue weighted by Gasteiger charge is -2.26. The summed E-state index contributed by atoms with van der Waals surface area (Å²) in [6, 6.07) is 5.58. The lowest BCUT2D eigenvalue weighted by molar-refractivity contribution is -0.133. The summed E-state index contributed by atoms with van der Waals surface area (Å²) < 4.78 is 1.93. The van der Waals surface area contributed by atoms with Crippen LogP contribution in [0.3, 0.4) is 0 Å². The summed E-state index contributed by atoms with van der Waals surface area (Å²) in [5.74, 6) is 0.726. The maximum Gasteiger partial charge on any atom is 0.239 e. The van der Waals surface area contributed by atoms with Crippen molar-refractivity contribution >= 4 is 5.91 Å². The van der Waals surface area contributed by atoms with E-state index in [0.29, 0.717) is 12.5 Å². The molecule has 6 heteroatoms. The van der Waals surface area contributed by atoms with Gasteiger partial charge in [-0.25, -0.2) is 9.97 Å². The topological polar surface area (TPSA) is 54.3 Å². The van der Waals surface area contributed by atoms with Crippen molar-refractivity contribution in [3.63, 3.8) is 0 Å². The van der Waals surface area contributed by atoms with Gasteiger partial charge in [-0.05, 0) is 32.2 Å². The van der Waals surface area contributed by atoms with Crippen molar-refractivity contribution in [2.45, 2.75) is 19.5 Å². The van der Waals surface area contributed by atoms with Gasteiger partial charge in [0, 0.05) is 44.9 Å². The highest BCUT2D eigenvalue weighted by Crippen LogP contribution is 2.12. The number of carbonyl (C=O) groups is 1. The lowest BCUT2D eigenvalue weighted by atomic mass is 10.2. The molecule has 112 valence electrons. The second-order valence-corrected chi connectivity index (χ2v) is 5.24. The first kappa shape index (κ1) is 15.2. The summed E-state index contributed by atoms with van der Waals surface area (Å²) in [6.07, 6.45) is 5.36. The smallest absolute Gasteiger partial charge is 0.239 e. The predicted molar refractivity (Wildman–Crippen MR) is 81.0 cm³/mol. The first-order chi connectivity index (χ1) is 10.0. The molecule has 0 aliphatic rings. The fourth-order valence-electron chi connectivity index (χ4n) is 2.11. The SMILES string of the molecule is CC(C(=O)N(C)C)N(C)Cc1cccn1-c1ncccn1. The molecule has 0 aliphatic heterocycles. The number of hydrogen-bond donors (Lipinski definition) is 0. The third-order valence-electron chi connectivity index (χ3n) is 3.47. The van der Waals surface area contributed by atoms with Gasteiger partial charge in [0.2, 0.25) is 11.9 Å². The molecule has 0 fully saturated rings. The standard InChI is InChI=1S/C15H21N5O/c1-12(14(21)18(2)3)19(4)11-13-7-5-10-20(13)15-16-8-6-9-17-15/h5-10,12H,11H2,1-4H3. The zero-order valence-corrected chi connectivity index (χ0v) is 12.9. The van der Waals surface area contributed by atoms with Crippen molar-refractivity contribution in [2.24, 2.45) is 0 Å². The highest BCUT2D eigenvalue weighted by Gasteiger charge is 2.20. The van der Waals surface area contributed by atoms with Gasteiger partial charge in [0.05, 0.1) is 6.04 Å². The number of amides is 1. The van der Waals surface area contributed by atoms with E-state index in [2.05, 4.69) is 9.97 Å². The van der Waals surface area contributed by atoms with Gasteiger partial charge in [-0.1, -0.05) is 0 Å². The summed E-state index contributed by atoms with van der Waals surface area (Å²) in [4.78, 5) is 24.2. The number of nitrogens with zero attached hydrogens (tertiary/aromatic N) is 5. The Morgan fingerprint density at radius 1 is 1.24 bits per heavy atom. The third-order valence-corrected chi connectivity index (χ3v) is 3.47. The Labute approximate surface area is 125 Å². The maximum atomic E-state index is 12.0. The lowest BCUT2D eigenvalue weighted by Crippen LogP contribution is -2.42. The summed E-state index contributed by atoms with van der Waals surface area (Å²) in [5.41, 5.74) is 1.04. The van der Waals surface area contributed by atoms with E-state index in [0.717, 1.165) is 5.69 Å². The first-order valence-corrected chi connectivity index (χ1v) is 6.85. The fourth-order valence-corrected chi connectivity index (χ4v) is 2.11. The average Bonchev–Trinajstić information content (AvgIpc) is 2.94. The molecule has 0 saturated carbocycles. The largest absolute Gasteiger partial charge is 0.347 e. The van der Waals surface area contributed by atoms with Gasteiger partial charge in [0.25, 0.3) is 0 Å². The van der Waals surface area contributed by atoms with Crippen LogP contribution in [0, 0.1) is 0 Å². The number of likely N-dealkylation sites (N-methyl/N-ethyl adjacent to an activating group) is 2. The molecular formula is C15H21N5O. The van der Waals surface area contributed by atoms with Crippen LogP contribution in [-0.4, -0.2) is 57.4 Å². The van der Waals surface area contributed by atoms with E-state index in [1.54, 1.807) is 37.5 Å². The predicted octanol–water partition coefficient (Wildman–Crippen LogP) is 1.18. The van der Waals surface area contributed by atoms with E-state index in [1.165, 1.54) is 0 Å². The second kappa shape index (κ2) is 6.49. The minimum absolute atomic E-state index is 0.0894. The van der Waals surface area contributed by atoms with Gasteiger partial charge in [-0.15, -0.1) is 0 Å². The van der Waals surface area contributed by atoms with Gasteiger partial charge in [0.15, 0.2) is 0 Å². The Balaban J connectivity index is 2.14. The highest BCUT2D eigenvalue weighted by atomic mass is 16.2. The van der Waals surface area contributed by atoms with E-state index < -0.39 is 0 Å². The Morgan fingerprint density at radius 2 is 1.90 bits per heavy atom. The molecular weight excluding hydrogens is 266 g/mol. The van der Waals surface area contributed by atoms with Gasteiger partial charge in [-0.2, -0.15) is 0 Å². The number of carbonyl (C=O) groups excluding carboxylic acids is 1. The molecule has 0 spiro atoms. The summed E-state index contributed by atoms with van der Waals surface area (Å²) in [6.45, 7) is 2.56. The van der Waals surface area contributed by atoms with Gasteiger partial charge < -0.3 is 4.90 Å². The minimum atomic E-state index is -0.181. The van der Waals surface area contributed by atoms with Crippen LogP contribution >= 0.6 is 0 Å². The van der Waals surface area contributed by atoms with Crippen molar-refractivity contribution in [3.8, 4) is 5.95 Å². The molecule has 2 aromatic rings. The Kier molecular flexibility index (Phi) is 4.70. The molecule has 2 aromatic heterocycles. The van der Waals surface area contributed by atoms with Crippen LogP contribution < -0.4 is 0 Å². The van der Waals surface area contributed by atoms with E-state index in [4.69, 9.17) is 0 Å². The molecule has 1 amide bonds. The van der Waals surface area contributed by atoms with E-state index in [-0.39, 0.29) is 11.9 Å². The molecule has 2 heterocycles. The molecule has 0 N–H and O–H groups in total. The third kappa shape index (κ3) is 3.46. The zero-order valence-electron chi connectivity index (χ0n) is 12.9. The second-order valence-electron chi connectivity index (χ2n) is 5.24. The molecule has 6 nitrogen and oxygen atoms in total. The monoisotopic (exact) mass is 287 g/mol. The van der Waals surface area contributed by atoms with Crippen molar-refractivity contribution in [2.75, 3.05) is 21.1 Å². The van der Waals surface area contributed by atoms with Crippen LogP contribution in [0.1, 0.15) is 12.6 Å².